The van der Waals surface area contributed by atoms with Crippen molar-refractivity contribution in [2.24, 2.45) is 0 Å². The lowest BCUT2D eigenvalue weighted by molar-refractivity contribution is -0.101. The van der Waals surface area contributed by atoms with Gasteiger partial charge >= 0.3 is 0 Å². The third-order valence-electron chi connectivity index (χ3n) is 5.97. The average Bonchev–Trinajstić information content (AvgIpc) is 3.08. The Labute approximate surface area is 184 Å². The van der Waals surface area contributed by atoms with Crippen molar-refractivity contribution in [1.82, 2.24) is 0 Å². The molecule has 178 valence electrons. The van der Waals surface area contributed by atoms with Gasteiger partial charge in [0.1, 0.15) is 24.4 Å². The highest BCUT2D eigenvalue weighted by Gasteiger charge is 2.40. The molecule has 0 aromatic rings. The normalized spacial score (nSPS) is 22.9. The minimum absolute atomic E-state index is 0.0983. The molecule has 1 aliphatic heterocycles. The quantitative estimate of drug-likeness (QED) is 0.190. The molecule has 0 radical (unpaired) electrons. The first-order valence-corrected chi connectivity index (χ1v) is 12.6. The van der Waals surface area contributed by atoms with Gasteiger partial charge in [-0.15, -0.1) is 0 Å². The summed E-state index contributed by atoms with van der Waals surface area (Å²) in [5, 5.41) is 28.8. The molecule has 0 unspecified atom stereocenters. The Balaban J connectivity index is 1.83. The number of unbranched alkanes of at least 4 members (excludes halogenated alkanes) is 13. The van der Waals surface area contributed by atoms with Crippen molar-refractivity contribution in [3.8, 4) is 0 Å². The fourth-order valence-corrected chi connectivity index (χ4v) is 3.97. The van der Waals surface area contributed by atoms with E-state index in [1.54, 1.807) is 0 Å². The molecule has 0 bridgehead atoms. The smallest absolute Gasteiger partial charge is 0.114 e. The second-order valence-electron chi connectivity index (χ2n) is 8.74. The van der Waals surface area contributed by atoms with Gasteiger partial charge in [-0.05, 0) is 32.1 Å². The Bertz CT molecular complexity index is 401. The van der Waals surface area contributed by atoms with Crippen molar-refractivity contribution >= 4 is 0 Å². The fraction of sp³-hybridized carbons (Fsp3) is 0.920. The molecule has 1 saturated heterocycles. The van der Waals surface area contributed by atoms with Gasteiger partial charge in [-0.3, -0.25) is 0 Å². The van der Waals surface area contributed by atoms with E-state index in [2.05, 4.69) is 19.1 Å². The van der Waals surface area contributed by atoms with Gasteiger partial charge in [0.05, 0.1) is 13.2 Å². The predicted octanol–water partition coefficient (Wildman–Crippen LogP) is 4.91. The van der Waals surface area contributed by atoms with Crippen LogP contribution in [0.3, 0.4) is 0 Å². The zero-order valence-corrected chi connectivity index (χ0v) is 19.4. The highest BCUT2D eigenvalue weighted by Crippen LogP contribution is 2.20. The van der Waals surface area contributed by atoms with Crippen LogP contribution in [0.4, 0.5) is 0 Å². The first kappa shape index (κ1) is 27.6. The minimum atomic E-state index is -0.979. The summed E-state index contributed by atoms with van der Waals surface area (Å²) in [6.45, 7) is 2.71. The van der Waals surface area contributed by atoms with Gasteiger partial charge in [0, 0.05) is 6.61 Å². The van der Waals surface area contributed by atoms with Gasteiger partial charge in [0.25, 0.3) is 0 Å². The topological polar surface area (TPSA) is 79.2 Å². The van der Waals surface area contributed by atoms with E-state index >= 15 is 0 Å². The lowest BCUT2D eigenvalue weighted by Crippen LogP contribution is -2.42. The Morgan fingerprint density at radius 2 is 1.37 bits per heavy atom. The number of ether oxygens (including phenoxy) is 2. The number of aliphatic hydroxyl groups excluding tert-OH is 3. The van der Waals surface area contributed by atoms with Crippen LogP contribution >= 0.6 is 0 Å². The van der Waals surface area contributed by atoms with Crippen molar-refractivity contribution < 1.29 is 24.8 Å². The van der Waals surface area contributed by atoms with Crippen LogP contribution in [0.25, 0.3) is 0 Å². The summed E-state index contributed by atoms with van der Waals surface area (Å²) < 4.78 is 11.0. The van der Waals surface area contributed by atoms with E-state index < -0.39 is 24.4 Å². The van der Waals surface area contributed by atoms with Gasteiger partial charge in [-0.25, -0.2) is 0 Å². The minimum Gasteiger partial charge on any atom is -0.394 e. The molecular weight excluding hydrogens is 380 g/mol. The van der Waals surface area contributed by atoms with Crippen LogP contribution < -0.4 is 0 Å². The van der Waals surface area contributed by atoms with Crippen LogP contribution in [0.2, 0.25) is 0 Å². The van der Waals surface area contributed by atoms with E-state index in [1.165, 1.54) is 83.5 Å². The summed E-state index contributed by atoms with van der Waals surface area (Å²) in [6, 6.07) is 0. The summed E-state index contributed by atoms with van der Waals surface area (Å²) in [4.78, 5) is 0. The molecule has 3 N–H and O–H groups in total. The van der Waals surface area contributed by atoms with Crippen molar-refractivity contribution in [2.45, 2.75) is 128 Å². The van der Waals surface area contributed by atoms with E-state index in [4.69, 9.17) is 9.47 Å². The molecule has 0 aromatic carbocycles. The zero-order valence-electron chi connectivity index (χ0n) is 19.4. The Morgan fingerprint density at radius 3 is 1.87 bits per heavy atom. The van der Waals surface area contributed by atoms with Crippen LogP contribution in [0.5, 0.6) is 0 Å². The average molecular weight is 429 g/mol. The second-order valence-corrected chi connectivity index (χ2v) is 8.74. The molecule has 0 aromatic heterocycles. The van der Waals surface area contributed by atoms with E-state index in [0.717, 1.165) is 12.8 Å². The number of hydrogen-bond acceptors (Lipinski definition) is 5. The van der Waals surface area contributed by atoms with Crippen LogP contribution in [0.1, 0.15) is 103 Å². The number of allylic oxidation sites excluding steroid dienone is 2. The number of aliphatic hydroxyl groups is 3. The van der Waals surface area contributed by atoms with Crippen LogP contribution in [0, 0.1) is 0 Å². The maximum Gasteiger partial charge on any atom is 0.114 e. The monoisotopic (exact) mass is 428 g/mol. The molecule has 0 amide bonds. The molecule has 1 rings (SSSR count). The Kier molecular flexibility index (Phi) is 17.7. The molecule has 5 nitrogen and oxygen atoms in total. The first-order chi connectivity index (χ1) is 14.7. The molecule has 4 atom stereocenters. The van der Waals surface area contributed by atoms with Crippen molar-refractivity contribution in [1.29, 1.82) is 0 Å². The number of hydrogen-bond donors (Lipinski definition) is 3. The third-order valence-corrected chi connectivity index (χ3v) is 5.97. The molecule has 1 fully saturated rings. The van der Waals surface area contributed by atoms with Gasteiger partial charge in [0.2, 0.25) is 0 Å². The van der Waals surface area contributed by atoms with Gasteiger partial charge < -0.3 is 24.8 Å². The second kappa shape index (κ2) is 19.2. The molecule has 0 aliphatic carbocycles. The summed E-state index contributed by atoms with van der Waals surface area (Å²) in [7, 11) is 0. The standard InChI is InChI=1S/C25H48O5/c1-2-3-4-5-6-7-8-9-10-11-12-13-14-15-16-17-18-19-29-23(20-26)25-24(28)22(27)21-30-25/h8-9,22-28H,2-7,10-21H2,1H3/b9-8+/t22-,23+,24-,25-/m1/s1. The van der Waals surface area contributed by atoms with Crippen LogP contribution in [0.15, 0.2) is 12.2 Å². The molecule has 30 heavy (non-hydrogen) atoms. The molecule has 1 heterocycles. The summed E-state index contributed by atoms with van der Waals surface area (Å²) >= 11 is 0. The first-order valence-electron chi connectivity index (χ1n) is 12.6. The SMILES string of the molecule is CCCCCCC/C=C/CCCCCCCCCCO[C@@H](CO)[C@H]1OC[C@@H](O)[C@H]1O. The maximum atomic E-state index is 9.84. The molecule has 1 aliphatic rings. The van der Waals surface area contributed by atoms with Crippen molar-refractivity contribution in [2.75, 3.05) is 19.8 Å². The van der Waals surface area contributed by atoms with Gasteiger partial charge in [-0.1, -0.05) is 83.3 Å². The number of rotatable bonds is 20. The molecule has 0 saturated carbocycles. The highest BCUT2D eigenvalue weighted by atomic mass is 16.6. The van der Waals surface area contributed by atoms with Crippen LogP contribution in [-0.4, -0.2) is 59.6 Å². The molecule has 5 heteroatoms. The lowest BCUT2D eigenvalue weighted by atomic mass is 10.1. The largest absolute Gasteiger partial charge is 0.394 e. The third kappa shape index (κ3) is 13.1. The summed E-state index contributed by atoms with van der Waals surface area (Å²) in [5.74, 6) is 0. The summed E-state index contributed by atoms with van der Waals surface area (Å²) in [6.07, 6.45) is 20.8. The summed E-state index contributed by atoms with van der Waals surface area (Å²) in [5.41, 5.74) is 0. The van der Waals surface area contributed by atoms with Gasteiger partial charge in [0.15, 0.2) is 0 Å². The van der Waals surface area contributed by atoms with Crippen molar-refractivity contribution in [3.05, 3.63) is 12.2 Å². The Morgan fingerprint density at radius 1 is 0.833 bits per heavy atom. The van der Waals surface area contributed by atoms with E-state index in [-0.39, 0.29) is 13.2 Å². The maximum absolute atomic E-state index is 9.84. The molecule has 0 spiro atoms. The lowest BCUT2D eigenvalue weighted by Gasteiger charge is -2.24. The predicted molar refractivity (Wildman–Crippen MR) is 123 cm³/mol. The van der Waals surface area contributed by atoms with Crippen LogP contribution in [-0.2, 0) is 9.47 Å². The van der Waals surface area contributed by atoms with E-state index in [1.807, 2.05) is 0 Å². The van der Waals surface area contributed by atoms with Gasteiger partial charge in [-0.2, -0.15) is 0 Å². The zero-order chi connectivity index (χ0) is 21.9. The fourth-order valence-electron chi connectivity index (χ4n) is 3.97. The molecular formula is C25H48O5. The van der Waals surface area contributed by atoms with Crippen molar-refractivity contribution in [3.63, 3.8) is 0 Å². The van der Waals surface area contributed by atoms with E-state index in [9.17, 15) is 15.3 Å². The highest BCUT2D eigenvalue weighted by molar-refractivity contribution is 4.88. The van der Waals surface area contributed by atoms with E-state index in [0.29, 0.717) is 6.61 Å². The Hall–Kier alpha value is -0.460.